The van der Waals surface area contributed by atoms with Crippen LogP contribution in [-0.4, -0.2) is 27.7 Å². The molecule has 2 saturated carbocycles. The van der Waals surface area contributed by atoms with E-state index in [1.165, 1.54) is 31.4 Å². The van der Waals surface area contributed by atoms with Gasteiger partial charge >= 0.3 is 6.18 Å². The van der Waals surface area contributed by atoms with E-state index in [0.717, 1.165) is 17.8 Å². The van der Waals surface area contributed by atoms with Crippen LogP contribution < -0.4 is 5.32 Å². The van der Waals surface area contributed by atoms with Gasteiger partial charge in [-0.1, -0.05) is 12.1 Å². The minimum atomic E-state index is -4.35. The predicted octanol–water partition coefficient (Wildman–Crippen LogP) is 3.66. The Labute approximate surface area is 155 Å². The van der Waals surface area contributed by atoms with Gasteiger partial charge in [0.05, 0.1) is 11.3 Å². The standard InChI is InChI=1S/C20H22F3N3O/c21-20(22,23)15-5-3-12(4-6-15)19-24-8-7-16(26-19)10-25-18-14-2-1-13(9-14)17(18)11-27/h3-8,13-14,17-18,25,27H,1-2,9-11H2/t13-,14+,17+,18-/m0/s1. The molecule has 0 spiro atoms. The quantitative estimate of drug-likeness (QED) is 0.835. The molecule has 0 radical (unpaired) electrons. The van der Waals surface area contributed by atoms with Crippen LogP contribution in [0.5, 0.6) is 0 Å². The second-order valence-corrected chi connectivity index (χ2v) is 7.53. The molecule has 0 aliphatic heterocycles. The summed E-state index contributed by atoms with van der Waals surface area (Å²) in [6, 6.07) is 7.00. The molecule has 4 nitrogen and oxygen atoms in total. The maximum atomic E-state index is 12.7. The van der Waals surface area contributed by atoms with Crippen molar-refractivity contribution in [2.45, 2.75) is 38.0 Å². The van der Waals surface area contributed by atoms with Gasteiger partial charge in [-0.2, -0.15) is 13.2 Å². The molecule has 2 aliphatic rings. The fourth-order valence-corrected chi connectivity index (χ4v) is 4.66. The third-order valence-electron chi connectivity index (χ3n) is 6.00. The zero-order chi connectivity index (χ0) is 19.0. The normalized spacial score (nSPS) is 27.3. The van der Waals surface area contributed by atoms with Gasteiger partial charge < -0.3 is 10.4 Å². The lowest BCUT2D eigenvalue weighted by Crippen LogP contribution is -2.42. The number of nitrogens with zero attached hydrogens (tertiary/aromatic N) is 2. The average molecular weight is 377 g/mol. The monoisotopic (exact) mass is 377 g/mol. The first kappa shape index (κ1) is 18.4. The van der Waals surface area contributed by atoms with Crippen molar-refractivity contribution in [2.24, 2.45) is 17.8 Å². The van der Waals surface area contributed by atoms with Crippen molar-refractivity contribution in [3.63, 3.8) is 0 Å². The number of rotatable bonds is 5. The smallest absolute Gasteiger partial charge is 0.396 e. The van der Waals surface area contributed by atoms with Gasteiger partial charge in [0.1, 0.15) is 0 Å². The van der Waals surface area contributed by atoms with Crippen molar-refractivity contribution < 1.29 is 18.3 Å². The number of nitrogens with one attached hydrogen (secondary N) is 1. The van der Waals surface area contributed by atoms with Gasteiger partial charge in [-0.3, -0.25) is 0 Å². The average Bonchev–Trinajstić information content (AvgIpc) is 3.27. The molecule has 144 valence electrons. The molecular formula is C20H22F3N3O. The number of halogens is 3. The summed E-state index contributed by atoms with van der Waals surface area (Å²) >= 11 is 0. The highest BCUT2D eigenvalue weighted by Gasteiger charge is 2.46. The van der Waals surface area contributed by atoms with Gasteiger partial charge in [0, 0.05) is 36.9 Å². The molecule has 27 heavy (non-hydrogen) atoms. The summed E-state index contributed by atoms with van der Waals surface area (Å²) in [5.41, 5.74) is 0.660. The highest BCUT2D eigenvalue weighted by atomic mass is 19.4. The highest BCUT2D eigenvalue weighted by Crippen LogP contribution is 2.48. The summed E-state index contributed by atoms with van der Waals surface area (Å²) in [4.78, 5) is 8.68. The Hall–Kier alpha value is -1.99. The Morgan fingerprint density at radius 1 is 1.07 bits per heavy atom. The van der Waals surface area contributed by atoms with Crippen molar-refractivity contribution >= 4 is 0 Å². The Kier molecular flexibility index (Phi) is 4.90. The number of aliphatic hydroxyl groups excluding tert-OH is 1. The van der Waals surface area contributed by atoms with Gasteiger partial charge in [0.25, 0.3) is 0 Å². The Morgan fingerprint density at radius 2 is 1.81 bits per heavy atom. The van der Waals surface area contributed by atoms with E-state index in [0.29, 0.717) is 41.7 Å². The largest absolute Gasteiger partial charge is 0.416 e. The van der Waals surface area contributed by atoms with E-state index in [-0.39, 0.29) is 6.61 Å². The molecule has 1 heterocycles. The van der Waals surface area contributed by atoms with E-state index in [1.807, 2.05) is 6.07 Å². The first-order chi connectivity index (χ1) is 13.0. The van der Waals surface area contributed by atoms with E-state index >= 15 is 0 Å². The predicted molar refractivity (Wildman–Crippen MR) is 94.5 cm³/mol. The van der Waals surface area contributed by atoms with Crippen LogP contribution in [0, 0.1) is 17.8 Å². The topological polar surface area (TPSA) is 58.0 Å². The van der Waals surface area contributed by atoms with E-state index in [9.17, 15) is 18.3 Å². The molecule has 2 N–H and O–H groups in total. The molecule has 7 heteroatoms. The van der Waals surface area contributed by atoms with E-state index in [4.69, 9.17) is 0 Å². The molecule has 4 atom stereocenters. The Balaban J connectivity index is 1.45. The van der Waals surface area contributed by atoms with Gasteiger partial charge in [0.2, 0.25) is 0 Å². The van der Waals surface area contributed by atoms with Crippen LogP contribution in [0.1, 0.15) is 30.5 Å². The molecule has 4 rings (SSSR count). The second kappa shape index (κ2) is 7.20. The zero-order valence-electron chi connectivity index (χ0n) is 14.8. The van der Waals surface area contributed by atoms with Crippen LogP contribution >= 0.6 is 0 Å². The first-order valence-electron chi connectivity index (χ1n) is 9.29. The number of alkyl halides is 3. The second-order valence-electron chi connectivity index (χ2n) is 7.53. The van der Waals surface area contributed by atoms with Crippen LogP contribution in [0.4, 0.5) is 13.2 Å². The molecule has 2 aromatic rings. The number of aliphatic hydroxyl groups is 1. The first-order valence-corrected chi connectivity index (χ1v) is 9.29. The van der Waals surface area contributed by atoms with Crippen molar-refractivity contribution in [2.75, 3.05) is 6.61 Å². The molecule has 0 unspecified atom stereocenters. The molecule has 2 aliphatic carbocycles. The van der Waals surface area contributed by atoms with E-state index in [2.05, 4.69) is 15.3 Å². The van der Waals surface area contributed by atoms with Crippen LogP contribution in [0.15, 0.2) is 36.5 Å². The van der Waals surface area contributed by atoms with Gasteiger partial charge in [0.15, 0.2) is 5.82 Å². The van der Waals surface area contributed by atoms with Crippen LogP contribution in [0.2, 0.25) is 0 Å². The molecule has 2 bridgehead atoms. The Morgan fingerprint density at radius 3 is 2.52 bits per heavy atom. The van der Waals surface area contributed by atoms with Gasteiger partial charge in [-0.05, 0) is 49.3 Å². The molecule has 1 aromatic heterocycles. The van der Waals surface area contributed by atoms with Crippen molar-refractivity contribution in [1.29, 1.82) is 0 Å². The maximum Gasteiger partial charge on any atom is 0.416 e. The minimum absolute atomic E-state index is 0.208. The maximum absolute atomic E-state index is 12.7. The van der Waals surface area contributed by atoms with Crippen molar-refractivity contribution in [3.8, 4) is 11.4 Å². The van der Waals surface area contributed by atoms with E-state index < -0.39 is 11.7 Å². The van der Waals surface area contributed by atoms with Gasteiger partial charge in [-0.25, -0.2) is 9.97 Å². The molecule has 0 saturated heterocycles. The number of benzene rings is 1. The summed E-state index contributed by atoms with van der Waals surface area (Å²) in [7, 11) is 0. The molecular weight excluding hydrogens is 355 g/mol. The molecule has 0 amide bonds. The summed E-state index contributed by atoms with van der Waals surface area (Å²) < 4.78 is 38.1. The minimum Gasteiger partial charge on any atom is -0.396 e. The van der Waals surface area contributed by atoms with Crippen LogP contribution in [0.25, 0.3) is 11.4 Å². The van der Waals surface area contributed by atoms with E-state index in [1.54, 1.807) is 6.20 Å². The lowest BCUT2D eigenvalue weighted by Gasteiger charge is -2.30. The SMILES string of the molecule is OC[C@@H]1[C@H]2CC[C@H](C2)[C@@H]1NCc1ccnc(-c2ccc(C(F)(F)F)cc2)n1. The van der Waals surface area contributed by atoms with Crippen molar-refractivity contribution in [1.82, 2.24) is 15.3 Å². The summed E-state index contributed by atoms with van der Waals surface area (Å²) in [6.45, 7) is 0.764. The number of aromatic nitrogens is 2. The third-order valence-corrected chi connectivity index (χ3v) is 6.00. The molecule has 1 aromatic carbocycles. The highest BCUT2D eigenvalue weighted by molar-refractivity contribution is 5.55. The number of fused-ring (bicyclic) bond motifs is 2. The van der Waals surface area contributed by atoms with Crippen LogP contribution in [0.3, 0.4) is 0 Å². The zero-order valence-corrected chi connectivity index (χ0v) is 14.8. The van der Waals surface area contributed by atoms with Gasteiger partial charge in [-0.15, -0.1) is 0 Å². The summed E-state index contributed by atoms with van der Waals surface area (Å²) in [5.74, 6) is 1.95. The third kappa shape index (κ3) is 3.71. The number of hydrogen-bond donors (Lipinski definition) is 2. The lowest BCUT2D eigenvalue weighted by atomic mass is 9.85. The Bertz CT molecular complexity index is 794. The molecule has 2 fully saturated rings. The fraction of sp³-hybridized carbons (Fsp3) is 0.500. The van der Waals surface area contributed by atoms with Crippen molar-refractivity contribution in [3.05, 3.63) is 47.8 Å². The fourth-order valence-electron chi connectivity index (χ4n) is 4.66. The number of hydrogen-bond acceptors (Lipinski definition) is 4. The summed E-state index contributed by atoms with van der Waals surface area (Å²) in [6.07, 6.45) is 0.874. The lowest BCUT2D eigenvalue weighted by molar-refractivity contribution is -0.137. The van der Waals surface area contributed by atoms with Crippen LogP contribution in [-0.2, 0) is 12.7 Å². The summed E-state index contributed by atoms with van der Waals surface area (Å²) in [5, 5.41) is 13.2.